The van der Waals surface area contributed by atoms with Gasteiger partial charge in [0.1, 0.15) is 0 Å². The molecule has 0 amide bonds. The summed E-state index contributed by atoms with van der Waals surface area (Å²) in [4.78, 5) is 3.64. The number of hydrogen-bond acceptors (Lipinski definition) is 5. The number of nitrogens with zero attached hydrogens (tertiary/aromatic N) is 3. The van der Waals surface area contributed by atoms with E-state index >= 15 is 0 Å². The van der Waals surface area contributed by atoms with E-state index in [1.165, 1.54) is 53.6 Å². The van der Waals surface area contributed by atoms with Crippen LogP contribution in [0.2, 0.25) is 5.02 Å². The molecule has 3 rings (SSSR count). The van der Waals surface area contributed by atoms with Gasteiger partial charge in [-0.1, -0.05) is 11.6 Å². The highest BCUT2D eigenvalue weighted by molar-refractivity contribution is 8.00. The maximum absolute atomic E-state index is 12.7. The Kier molecular flexibility index (Phi) is 4.93. The summed E-state index contributed by atoms with van der Waals surface area (Å²) in [5, 5.41) is 5.31. The third-order valence-electron chi connectivity index (χ3n) is 3.56. The van der Waals surface area contributed by atoms with E-state index < -0.39 is 10.0 Å². The predicted octanol–water partition coefficient (Wildman–Crippen LogP) is 5.08. The van der Waals surface area contributed by atoms with Crippen molar-refractivity contribution in [2.75, 3.05) is 6.26 Å². The van der Waals surface area contributed by atoms with Gasteiger partial charge < -0.3 is 0 Å². The third-order valence-corrected chi connectivity index (χ3v) is 7.68. The van der Waals surface area contributed by atoms with Gasteiger partial charge in [0.05, 0.1) is 21.4 Å². The zero-order valence-corrected chi connectivity index (χ0v) is 16.4. The first-order valence-corrected chi connectivity index (χ1v) is 10.9. The van der Waals surface area contributed by atoms with Crippen molar-refractivity contribution in [3.8, 4) is 11.3 Å². The van der Waals surface area contributed by atoms with E-state index in [-0.39, 0.29) is 4.90 Å². The molecule has 5 nitrogen and oxygen atoms in total. The molecule has 0 unspecified atom stereocenters. The van der Waals surface area contributed by atoms with E-state index in [1.54, 1.807) is 6.07 Å². The Labute approximate surface area is 159 Å². The molecule has 3 aromatic rings. The summed E-state index contributed by atoms with van der Waals surface area (Å²) < 4.78 is 27.3. The van der Waals surface area contributed by atoms with Crippen LogP contribution in [-0.4, -0.2) is 23.9 Å². The number of halogens is 1. The monoisotopic (exact) mass is 409 g/mol. The maximum atomic E-state index is 12.7. The summed E-state index contributed by atoms with van der Waals surface area (Å²) in [5.74, 6) is 0. The van der Waals surface area contributed by atoms with Crippen molar-refractivity contribution in [3.63, 3.8) is 0 Å². The number of rotatable bonds is 4. The van der Waals surface area contributed by atoms with Gasteiger partial charge in [0.2, 0.25) is 5.00 Å². The van der Waals surface area contributed by atoms with E-state index in [9.17, 15) is 8.42 Å². The van der Waals surface area contributed by atoms with E-state index in [2.05, 4.69) is 9.94 Å². The molecule has 25 heavy (non-hydrogen) atoms. The normalized spacial score (nSPS) is 11.4. The van der Waals surface area contributed by atoms with E-state index in [4.69, 9.17) is 18.2 Å². The van der Waals surface area contributed by atoms with E-state index in [0.29, 0.717) is 15.7 Å². The fraction of sp³-hybridized carbons (Fsp3) is 0.125. The summed E-state index contributed by atoms with van der Waals surface area (Å²) in [6, 6.07) is 7.58. The SMILES string of the molecule is [C-]#[N+]c1sc(SC)c(-c2ccn(S(=O)(=O)c3ccc(Cl)cc3)n2)c1C. The number of aromatic nitrogens is 2. The average molecular weight is 410 g/mol. The summed E-state index contributed by atoms with van der Waals surface area (Å²) >= 11 is 8.72. The van der Waals surface area contributed by atoms with Crippen LogP contribution < -0.4 is 0 Å². The first-order valence-electron chi connectivity index (χ1n) is 7.00. The van der Waals surface area contributed by atoms with Crippen LogP contribution in [-0.2, 0) is 10.0 Å². The molecule has 2 aromatic heterocycles. The molecule has 0 bridgehead atoms. The first kappa shape index (κ1) is 18.0. The zero-order chi connectivity index (χ0) is 18.2. The number of thioether (sulfide) groups is 1. The topological polar surface area (TPSA) is 56.3 Å². The Morgan fingerprint density at radius 2 is 1.96 bits per heavy atom. The molecule has 0 saturated heterocycles. The minimum atomic E-state index is -3.79. The molecular formula is C16H12ClN3O2S3. The van der Waals surface area contributed by atoms with Crippen LogP contribution in [0.1, 0.15) is 5.56 Å². The summed E-state index contributed by atoms with van der Waals surface area (Å²) in [7, 11) is -3.79. The molecule has 128 valence electrons. The zero-order valence-electron chi connectivity index (χ0n) is 13.2. The van der Waals surface area contributed by atoms with Gasteiger partial charge in [-0.05, 0) is 49.1 Å². The van der Waals surface area contributed by atoms with Gasteiger partial charge in [-0.15, -0.1) is 23.1 Å². The highest BCUT2D eigenvalue weighted by Gasteiger charge is 2.22. The predicted molar refractivity (Wildman–Crippen MR) is 102 cm³/mol. The van der Waals surface area contributed by atoms with Crippen LogP contribution in [0, 0.1) is 13.5 Å². The highest BCUT2D eigenvalue weighted by Crippen LogP contribution is 2.45. The minimum Gasteiger partial charge on any atom is -0.226 e. The second kappa shape index (κ2) is 6.84. The molecule has 0 fully saturated rings. The Balaban J connectivity index is 2.08. The Morgan fingerprint density at radius 1 is 1.28 bits per heavy atom. The van der Waals surface area contributed by atoms with E-state index in [0.717, 1.165) is 19.4 Å². The van der Waals surface area contributed by atoms with Crippen LogP contribution in [0.3, 0.4) is 0 Å². The number of hydrogen-bond donors (Lipinski definition) is 0. The Hall–Kier alpha value is -1.79. The molecule has 0 radical (unpaired) electrons. The lowest BCUT2D eigenvalue weighted by molar-refractivity contribution is 0.580. The quantitative estimate of drug-likeness (QED) is 0.445. The lowest BCUT2D eigenvalue weighted by atomic mass is 10.1. The molecule has 0 aliphatic heterocycles. The van der Waals surface area contributed by atoms with Crippen molar-refractivity contribution >= 4 is 49.7 Å². The average Bonchev–Trinajstić information content (AvgIpc) is 3.19. The fourth-order valence-corrected chi connectivity index (χ4v) is 5.42. The molecule has 2 heterocycles. The van der Waals surface area contributed by atoms with Gasteiger partial charge >= 0.3 is 0 Å². The second-order valence-corrected chi connectivity index (χ2v) is 9.35. The van der Waals surface area contributed by atoms with Crippen LogP contribution in [0.25, 0.3) is 16.1 Å². The van der Waals surface area contributed by atoms with Crippen LogP contribution >= 0.6 is 34.7 Å². The van der Waals surface area contributed by atoms with Crippen LogP contribution in [0.15, 0.2) is 45.6 Å². The number of benzene rings is 1. The second-order valence-electron chi connectivity index (χ2n) is 5.04. The van der Waals surface area contributed by atoms with Crippen LogP contribution in [0.4, 0.5) is 5.00 Å². The van der Waals surface area contributed by atoms with Crippen molar-refractivity contribution < 1.29 is 8.42 Å². The van der Waals surface area contributed by atoms with Gasteiger partial charge in [0.15, 0.2) is 0 Å². The summed E-state index contributed by atoms with van der Waals surface area (Å²) in [6.45, 7) is 9.11. The van der Waals surface area contributed by atoms with Crippen molar-refractivity contribution in [1.82, 2.24) is 9.19 Å². The van der Waals surface area contributed by atoms with Gasteiger partial charge in [-0.25, -0.2) is 4.85 Å². The lowest BCUT2D eigenvalue weighted by Crippen LogP contribution is -2.13. The van der Waals surface area contributed by atoms with E-state index in [1.807, 2.05) is 13.2 Å². The van der Waals surface area contributed by atoms with Crippen molar-refractivity contribution in [3.05, 3.63) is 58.5 Å². The molecule has 0 atom stereocenters. The summed E-state index contributed by atoms with van der Waals surface area (Å²) in [5.41, 5.74) is 2.16. The largest absolute Gasteiger partial charge is 0.282 e. The molecule has 0 aliphatic rings. The standard InChI is InChI=1S/C16H12ClN3O2S3/c1-10-14(16(23-3)24-15(10)18-2)13-8-9-20(19-13)25(21,22)12-6-4-11(17)5-7-12/h4-9H,1,3H3. The summed E-state index contributed by atoms with van der Waals surface area (Å²) in [6.07, 6.45) is 3.34. The van der Waals surface area contributed by atoms with Gasteiger partial charge in [-0.2, -0.15) is 17.6 Å². The van der Waals surface area contributed by atoms with Crippen molar-refractivity contribution in [2.24, 2.45) is 0 Å². The van der Waals surface area contributed by atoms with Gasteiger partial charge in [0.25, 0.3) is 10.0 Å². The minimum absolute atomic E-state index is 0.112. The molecular weight excluding hydrogens is 398 g/mol. The smallest absolute Gasteiger partial charge is 0.226 e. The van der Waals surface area contributed by atoms with Gasteiger partial charge in [-0.3, -0.25) is 0 Å². The maximum Gasteiger partial charge on any atom is 0.282 e. The Bertz CT molecular complexity index is 1080. The van der Waals surface area contributed by atoms with Crippen molar-refractivity contribution in [1.29, 1.82) is 0 Å². The molecule has 0 aliphatic carbocycles. The van der Waals surface area contributed by atoms with Crippen molar-refractivity contribution in [2.45, 2.75) is 16.0 Å². The number of thiophene rings is 1. The van der Waals surface area contributed by atoms with Gasteiger partial charge in [0, 0.05) is 16.8 Å². The molecule has 1 aromatic carbocycles. The third kappa shape index (κ3) is 3.20. The lowest BCUT2D eigenvalue weighted by Gasteiger charge is -2.05. The molecule has 0 saturated carbocycles. The molecule has 9 heteroatoms. The Morgan fingerprint density at radius 3 is 2.56 bits per heavy atom. The molecule has 0 N–H and O–H groups in total. The molecule has 0 spiro atoms. The highest BCUT2D eigenvalue weighted by atomic mass is 35.5. The fourth-order valence-electron chi connectivity index (χ4n) is 2.31. The van der Waals surface area contributed by atoms with Crippen LogP contribution in [0.5, 0.6) is 0 Å². The first-order chi connectivity index (χ1) is 11.9.